The van der Waals surface area contributed by atoms with E-state index in [9.17, 15) is 17.6 Å². The molecule has 0 aliphatic carbocycles. The molecule has 8 heteroatoms. The van der Waals surface area contributed by atoms with E-state index in [0.717, 1.165) is 28.6 Å². The number of carboxylic acids is 1. The number of nitrogens with zero attached hydrogens (tertiary/aromatic N) is 1. The second-order valence-electron chi connectivity index (χ2n) is 4.40. The number of halogens is 1. The molecule has 0 radical (unpaired) electrons. The van der Waals surface area contributed by atoms with Crippen LogP contribution in [0.25, 0.3) is 0 Å². The van der Waals surface area contributed by atoms with Crippen LogP contribution >= 0.6 is 0 Å². The van der Waals surface area contributed by atoms with Crippen LogP contribution in [0.4, 0.5) is 4.39 Å². The third-order valence-electron chi connectivity index (χ3n) is 3.00. The third kappa shape index (κ3) is 3.14. The van der Waals surface area contributed by atoms with Crippen molar-refractivity contribution in [2.24, 2.45) is 0 Å². The molecule has 1 aliphatic rings. The lowest BCUT2D eigenvalue weighted by Gasteiger charge is -2.33. The van der Waals surface area contributed by atoms with Crippen molar-refractivity contribution >= 4 is 16.0 Å². The fourth-order valence-electron chi connectivity index (χ4n) is 2.06. The molecular formula is C12H14FNO5S. The molecule has 0 bridgehead atoms. The molecular weight excluding hydrogens is 289 g/mol. The summed E-state index contributed by atoms with van der Waals surface area (Å²) in [5, 5.41) is 8.83. The van der Waals surface area contributed by atoms with Crippen LogP contribution in [0.3, 0.4) is 0 Å². The van der Waals surface area contributed by atoms with Gasteiger partial charge in [0.1, 0.15) is 5.82 Å². The van der Waals surface area contributed by atoms with Crippen molar-refractivity contribution in [3.8, 4) is 0 Å². The number of carboxylic acid groups (broad SMARTS) is 1. The lowest BCUT2D eigenvalue weighted by Crippen LogP contribution is -2.49. The molecule has 2 rings (SSSR count). The number of hydrogen-bond donors (Lipinski definition) is 1. The van der Waals surface area contributed by atoms with Crippen molar-refractivity contribution in [3.05, 3.63) is 30.1 Å². The fraction of sp³-hybridized carbons (Fsp3) is 0.417. The summed E-state index contributed by atoms with van der Waals surface area (Å²) in [7, 11) is -3.85. The van der Waals surface area contributed by atoms with Crippen LogP contribution in [-0.2, 0) is 19.6 Å². The SMILES string of the molecule is O=C(O)CC1COCCN1S(=O)(=O)c1ccc(F)cc1. The van der Waals surface area contributed by atoms with Crippen molar-refractivity contribution in [3.63, 3.8) is 0 Å². The van der Waals surface area contributed by atoms with E-state index in [4.69, 9.17) is 9.84 Å². The molecule has 6 nitrogen and oxygen atoms in total. The highest BCUT2D eigenvalue weighted by molar-refractivity contribution is 7.89. The van der Waals surface area contributed by atoms with Crippen molar-refractivity contribution in [2.45, 2.75) is 17.4 Å². The number of carbonyl (C=O) groups is 1. The van der Waals surface area contributed by atoms with E-state index in [1.54, 1.807) is 0 Å². The molecule has 1 aromatic rings. The molecule has 0 amide bonds. The van der Waals surface area contributed by atoms with Gasteiger partial charge >= 0.3 is 5.97 Å². The van der Waals surface area contributed by atoms with Gasteiger partial charge < -0.3 is 9.84 Å². The molecule has 1 saturated heterocycles. The maximum atomic E-state index is 12.9. The van der Waals surface area contributed by atoms with Gasteiger partial charge in [-0.25, -0.2) is 12.8 Å². The van der Waals surface area contributed by atoms with Gasteiger partial charge in [-0.1, -0.05) is 0 Å². The van der Waals surface area contributed by atoms with Gasteiger partial charge in [-0.3, -0.25) is 4.79 Å². The average Bonchev–Trinajstić information content (AvgIpc) is 2.39. The average molecular weight is 303 g/mol. The lowest BCUT2D eigenvalue weighted by molar-refractivity contribution is -0.139. The Hall–Kier alpha value is -1.51. The molecule has 1 heterocycles. The number of benzene rings is 1. The summed E-state index contributed by atoms with van der Waals surface area (Å²) in [4.78, 5) is 10.7. The fourth-order valence-corrected chi connectivity index (χ4v) is 3.65. The van der Waals surface area contributed by atoms with Crippen LogP contribution < -0.4 is 0 Å². The van der Waals surface area contributed by atoms with Crippen molar-refractivity contribution < 1.29 is 27.4 Å². The van der Waals surface area contributed by atoms with Crippen LogP contribution in [0.15, 0.2) is 29.2 Å². The highest BCUT2D eigenvalue weighted by atomic mass is 32.2. The molecule has 1 aromatic carbocycles. The Morgan fingerprint density at radius 3 is 2.65 bits per heavy atom. The molecule has 0 saturated carbocycles. The van der Waals surface area contributed by atoms with Gasteiger partial charge in [-0.2, -0.15) is 4.31 Å². The standard InChI is InChI=1S/C12H14FNO5S/c13-9-1-3-11(4-2-9)20(17,18)14-5-6-19-8-10(14)7-12(15)16/h1-4,10H,5-8H2,(H,15,16). The quantitative estimate of drug-likeness (QED) is 0.884. The summed E-state index contributed by atoms with van der Waals surface area (Å²) in [6, 6.07) is 3.69. The van der Waals surface area contributed by atoms with E-state index in [2.05, 4.69) is 0 Å². The predicted octanol–water partition coefficient (Wildman–Crippen LogP) is 0.690. The van der Waals surface area contributed by atoms with Gasteiger partial charge in [-0.15, -0.1) is 0 Å². The number of hydrogen-bond acceptors (Lipinski definition) is 4. The summed E-state index contributed by atoms with van der Waals surface area (Å²) >= 11 is 0. The minimum absolute atomic E-state index is 0.0344. The van der Waals surface area contributed by atoms with Crippen LogP contribution in [0.5, 0.6) is 0 Å². The molecule has 1 fully saturated rings. The molecule has 20 heavy (non-hydrogen) atoms. The first kappa shape index (κ1) is 14.9. The van der Waals surface area contributed by atoms with Crippen molar-refractivity contribution in [1.29, 1.82) is 0 Å². The highest BCUT2D eigenvalue weighted by Crippen LogP contribution is 2.22. The van der Waals surface area contributed by atoms with Gasteiger partial charge in [0, 0.05) is 6.54 Å². The first-order valence-corrected chi connectivity index (χ1v) is 7.42. The monoisotopic (exact) mass is 303 g/mol. The minimum Gasteiger partial charge on any atom is -0.481 e. The van der Waals surface area contributed by atoms with E-state index in [0.29, 0.717) is 0 Å². The molecule has 0 spiro atoms. The number of ether oxygens (including phenoxy) is 1. The number of rotatable bonds is 4. The summed E-state index contributed by atoms with van der Waals surface area (Å²) in [5.74, 6) is -1.63. The normalized spacial score (nSPS) is 20.8. The van der Waals surface area contributed by atoms with Gasteiger partial charge in [0.25, 0.3) is 0 Å². The molecule has 110 valence electrons. The number of morpholine rings is 1. The van der Waals surface area contributed by atoms with Crippen LogP contribution in [0.1, 0.15) is 6.42 Å². The Morgan fingerprint density at radius 2 is 2.05 bits per heavy atom. The topological polar surface area (TPSA) is 83.9 Å². The first-order chi connectivity index (χ1) is 9.41. The van der Waals surface area contributed by atoms with Gasteiger partial charge in [0.15, 0.2) is 0 Å². The molecule has 1 atom stereocenters. The van der Waals surface area contributed by atoms with E-state index in [1.165, 1.54) is 0 Å². The second kappa shape index (κ2) is 5.86. The summed E-state index contributed by atoms with van der Waals surface area (Å²) in [6.45, 7) is 0.320. The van der Waals surface area contributed by atoms with Crippen LogP contribution in [0, 0.1) is 5.82 Å². The highest BCUT2D eigenvalue weighted by Gasteiger charge is 2.35. The number of aliphatic carboxylic acids is 1. The zero-order chi connectivity index (χ0) is 14.8. The Kier molecular flexibility index (Phi) is 4.36. The maximum Gasteiger partial charge on any atom is 0.305 e. The maximum absolute atomic E-state index is 12.9. The van der Waals surface area contributed by atoms with Gasteiger partial charge in [0.05, 0.1) is 30.6 Å². The second-order valence-corrected chi connectivity index (χ2v) is 6.29. The molecule has 1 aliphatic heterocycles. The van der Waals surface area contributed by atoms with E-state index < -0.39 is 27.9 Å². The number of sulfonamides is 1. The largest absolute Gasteiger partial charge is 0.481 e. The predicted molar refractivity (Wildman–Crippen MR) is 67.2 cm³/mol. The van der Waals surface area contributed by atoms with Gasteiger partial charge in [-0.05, 0) is 24.3 Å². The summed E-state index contributed by atoms with van der Waals surface area (Å²) in [6.07, 6.45) is -0.333. The Morgan fingerprint density at radius 1 is 1.40 bits per heavy atom. The Labute approximate surface area is 115 Å². The zero-order valence-corrected chi connectivity index (χ0v) is 11.3. The van der Waals surface area contributed by atoms with E-state index in [-0.39, 0.29) is 31.1 Å². The van der Waals surface area contributed by atoms with E-state index >= 15 is 0 Å². The molecule has 1 unspecified atom stereocenters. The molecule has 1 N–H and O–H groups in total. The van der Waals surface area contributed by atoms with Crippen molar-refractivity contribution in [1.82, 2.24) is 4.31 Å². The Balaban J connectivity index is 2.30. The minimum atomic E-state index is -3.85. The smallest absolute Gasteiger partial charge is 0.305 e. The third-order valence-corrected chi connectivity index (χ3v) is 4.97. The van der Waals surface area contributed by atoms with Crippen molar-refractivity contribution in [2.75, 3.05) is 19.8 Å². The Bertz CT molecular complexity index is 586. The first-order valence-electron chi connectivity index (χ1n) is 5.98. The van der Waals surface area contributed by atoms with Gasteiger partial charge in [0.2, 0.25) is 10.0 Å². The van der Waals surface area contributed by atoms with Crippen LogP contribution in [0.2, 0.25) is 0 Å². The zero-order valence-electron chi connectivity index (χ0n) is 10.5. The molecule has 0 aromatic heterocycles. The lowest BCUT2D eigenvalue weighted by atomic mass is 10.2. The summed E-state index contributed by atoms with van der Waals surface area (Å²) < 4.78 is 44.0. The van der Waals surface area contributed by atoms with Crippen LogP contribution in [-0.4, -0.2) is 49.6 Å². The summed E-state index contributed by atoms with van der Waals surface area (Å²) in [5.41, 5.74) is 0. The van der Waals surface area contributed by atoms with E-state index in [1.807, 2.05) is 0 Å².